The molecule has 0 N–H and O–H groups in total. The lowest BCUT2D eigenvalue weighted by atomic mass is 9.61. The number of urea groups is 1. The zero-order chi connectivity index (χ0) is 21.4. The normalized spacial score (nSPS) is 24.8. The van der Waals surface area contributed by atoms with Crippen LogP contribution in [0.4, 0.5) is 4.79 Å². The molecule has 0 bridgehead atoms. The van der Waals surface area contributed by atoms with E-state index in [1.54, 1.807) is 6.20 Å². The van der Waals surface area contributed by atoms with Crippen molar-refractivity contribution >= 4 is 17.6 Å². The number of carbonyl (C=O) groups is 1. The molecule has 2 aromatic rings. The molecule has 0 aromatic carbocycles. The van der Waals surface area contributed by atoms with Gasteiger partial charge >= 0.3 is 6.03 Å². The van der Waals surface area contributed by atoms with Crippen LogP contribution in [0.3, 0.4) is 0 Å². The van der Waals surface area contributed by atoms with Crippen LogP contribution in [-0.2, 0) is 0 Å². The smallest absolute Gasteiger partial charge is 0.320 e. The first-order valence-corrected chi connectivity index (χ1v) is 12.2. The molecule has 0 atom stereocenters. The second-order valence-corrected chi connectivity index (χ2v) is 10.9. The Hall–Kier alpha value is -2.35. The minimum atomic E-state index is -0.0102. The van der Waals surface area contributed by atoms with E-state index in [-0.39, 0.29) is 17.6 Å². The molecule has 2 aliphatic heterocycles. The van der Waals surface area contributed by atoms with Crippen molar-refractivity contribution in [2.24, 2.45) is 5.41 Å². The largest absolute Gasteiger partial charge is 0.484 e. The molecule has 5 fully saturated rings. The molecule has 8 nitrogen and oxygen atoms in total. The highest BCUT2D eigenvalue weighted by Crippen LogP contribution is 2.54. The first kappa shape index (κ1) is 19.1. The highest BCUT2D eigenvalue weighted by molar-refractivity contribution is 6.32. The van der Waals surface area contributed by atoms with Gasteiger partial charge in [0.25, 0.3) is 0 Å². The molecule has 9 heteroatoms. The Kier molecular flexibility index (Phi) is 4.08. The van der Waals surface area contributed by atoms with Gasteiger partial charge < -0.3 is 14.5 Å². The first-order valence-electron chi connectivity index (χ1n) is 11.8. The predicted octanol–water partition coefficient (Wildman–Crippen LogP) is 3.60. The first-order chi connectivity index (χ1) is 15.6. The molecule has 0 unspecified atom stereocenters. The van der Waals surface area contributed by atoms with E-state index in [9.17, 15) is 4.79 Å². The van der Waals surface area contributed by atoms with E-state index >= 15 is 0 Å². The second kappa shape index (κ2) is 6.83. The molecule has 2 saturated heterocycles. The van der Waals surface area contributed by atoms with Crippen LogP contribution in [0.25, 0.3) is 0 Å². The summed E-state index contributed by atoms with van der Waals surface area (Å²) in [5.41, 5.74) is 1.38. The third-order valence-electron chi connectivity index (χ3n) is 7.81. The quantitative estimate of drug-likeness (QED) is 0.689. The van der Waals surface area contributed by atoms with Crippen molar-refractivity contribution in [2.75, 3.05) is 26.2 Å². The number of likely N-dealkylation sites (tertiary alicyclic amines) is 2. The van der Waals surface area contributed by atoms with Crippen LogP contribution in [0.1, 0.15) is 67.8 Å². The van der Waals surface area contributed by atoms with E-state index in [0.29, 0.717) is 41.7 Å². The standard InChI is InChI=1S/C23H27ClN6O2/c24-20-18(14-1-2-14)7-25-8-19(20)32-17-9-28(10-17)22(31)29-11-23(12-29)5-16(6-23)30-13-26-21(27-30)15-3-4-15/h7-8,13-17H,1-6,9-12H2. The van der Waals surface area contributed by atoms with Crippen LogP contribution in [0, 0.1) is 5.41 Å². The van der Waals surface area contributed by atoms with Gasteiger partial charge in [0.2, 0.25) is 0 Å². The van der Waals surface area contributed by atoms with Crippen LogP contribution < -0.4 is 4.74 Å². The van der Waals surface area contributed by atoms with Gasteiger partial charge in [0, 0.05) is 30.6 Å². The number of amides is 2. The average Bonchev–Trinajstić information content (AvgIpc) is 3.62. The summed E-state index contributed by atoms with van der Waals surface area (Å²) < 4.78 is 8.10. The summed E-state index contributed by atoms with van der Waals surface area (Å²) in [6, 6.07) is 0.574. The second-order valence-electron chi connectivity index (χ2n) is 10.5. The van der Waals surface area contributed by atoms with Crippen LogP contribution in [0.2, 0.25) is 5.02 Å². The third kappa shape index (κ3) is 3.17. The van der Waals surface area contributed by atoms with E-state index in [0.717, 1.165) is 37.3 Å². The van der Waals surface area contributed by atoms with Gasteiger partial charge in [0.1, 0.15) is 12.4 Å². The number of nitrogens with zero attached hydrogens (tertiary/aromatic N) is 6. The number of pyridine rings is 1. The van der Waals surface area contributed by atoms with E-state index in [1.807, 2.05) is 22.3 Å². The lowest BCUT2D eigenvalue weighted by Crippen LogP contribution is -2.69. The topological polar surface area (TPSA) is 76.4 Å². The summed E-state index contributed by atoms with van der Waals surface area (Å²) in [5, 5.41) is 5.37. The van der Waals surface area contributed by atoms with Gasteiger partial charge in [0.05, 0.1) is 30.4 Å². The zero-order valence-electron chi connectivity index (χ0n) is 18.0. The minimum Gasteiger partial charge on any atom is -0.484 e. The monoisotopic (exact) mass is 454 g/mol. The van der Waals surface area contributed by atoms with Crippen LogP contribution in [0.5, 0.6) is 5.75 Å². The van der Waals surface area contributed by atoms with Gasteiger partial charge in [-0.2, -0.15) is 5.10 Å². The molecule has 2 aromatic heterocycles. The fraction of sp³-hybridized carbons (Fsp3) is 0.652. The van der Waals surface area contributed by atoms with Crippen molar-refractivity contribution in [3.8, 4) is 5.75 Å². The van der Waals surface area contributed by atoms with Crippen molar-refractivity contribution in [3.63, 3.8) is 0 Å². The van der Waals surface area contributed by atoms with E-state index in [1.165, 1.54) is 25.7 Å². The number of halogens is 1. The maximum absolute atomic E-state index is 12.8. The van der Waals surface area contributed by atoms with E-state index < -0.39 is 0 Å². The molecule has 168 valence electrons. The van der Waals surface area contributed by atoms with Crippen LogP contribution >= 0.6 is 11.6 Å². The SMILES string of the molecule is O=C(N1CC(Oc2cncc(C3CC3)c2Cl)C1)N1CC2(CC(n3cnc(C4CC4)n3)C2)C1. The highest BCUT2D eigenvalue weighted by atomic mass is 35.5. The Bertz CT molecular complexity index is 1060. The van der Waals surface area contributed by atoms with Crippen molar-refractivity contribution in [1.82, 2.24) is 29.5 Å². The Morgan fingerprint density at radius 3 is 2.53 bits per heavy atom. The Morgan fingerprint density at radius 2 is 1.81 bits per heavy atom. The Balaban J connectivity index is 0.883. The highest BCUT2D eigenvalue weighted by Gasteiger charge is 2.55. The summed E-state index contributed by atoms with van der Waals surface area (Å²) >= 11 is 6.52. The van der Waals surface area contributed by atoms with Gasteiger partial charge in [-0.05, 0) is 50.0 Å². The molecule has 3 aliphatic carbocycles. The number of aromatic nitrogens is 4. The number of ether oxygens (including phenoxy) is 1. The van der Waals surface area contributed by atoms with Crippen LogP contribution in [0.15, 0.2) is 18.7 Å². The molecule has 5 aliphatic rings. The number of hydrogen-bond donors (Lipinski definition) is 0. The van der Waals surface area contributed by atoms with Crippen LogP contribution in [-0.4, -0.2) is 67.9 Å². The third-order valence-corrected chi connectivity index (χ3v) is 8.21. The summed E-state index contributed by atoms with van der Waals surface area (Å²) in [6.45, 7) is 2.93. The summed E-state index contributed by atoms with van der Waals surface area (Å²) in [4.78, 5) is 25.4. The van der Waals surface area contributed by atoms with Gasteiger partial charge in [0.15, 0.2) is 11.6 Å². The summed E-state index contributed by atoms with van der Waals surface area (Å²) in [6.07, 6.45) is 12.4. The van der Waals surface area contributed by atoms with Crippen molar-refractivity contribution in [2.45, 2.75) is 62.5 Å². The Morgan fingerprint density at radius 1 is 1.06 bits per heavy atom. The molecule has 0 radical (unpaired) electrons. The average molecular weight is 455 g/mol. The predicted molar refractivity (Wildman–Crippen MR) is 117 cm³/mol. The maximum Gasteiger partial charge on any atom is 0.320 e. The summed E-state index contributed by atoms with van der Waals surface area (Å²) in [7, 11) is 0. The molecular formula is C23H27ClN6O2. The van der Waals surface area contributed by atoms with Gasteiger partial charge in [-0.3, -0.25) is 4.98 Å². The fourth-order valence-electron chi connectivity index (χ4n) is 5.53. The molecular weight excluding hydrogens is 428 g/mol. The van der Waals surface area contributed by atoms with Crippen molar-refractivity contribution in [1.29, 1.82) is 0 Å². The van der Waals surface area contributed by atoms with Gasteiger partial charge in [-0.25, -0.2) is 14.5 Å². The molecule has 3 saturated carbocycles. The van der Waals surface area contributed by atoms with Gasteiger partial charge in [-0.1, -0.05) is 11.6 Å². The maximum atomic E-state index is 12.8. The minimum absolute atomic E-state index is 0.0102. The zero-order valence-corrected chi connectivity index (χ0v) is 18.7. The fourth-order valence-corrected chi connectivity index (χ4v) is 5.82. The summed E-state index contributed by atoms with van der Waals surface area (Å²) in [5.74, 6) is 2.80. The number of rotatable bonds is 5. The lowest BCUT2D eigenvalue weighted by molar-refractivity contribution is -0.0816. The Labute approximate surface area is 191 Å². The lowest BCUT2D eigenvalue weighted by Gasteiger charge is -2.59. The molecule has 4 heterocycles. The molecule has 1 spiro atoms. The van der Waals surface area contributed by atoms with Crippen molar-refractivity contribution in [3.05, 3.63) is 35.1 Å². The van der Waals surface area contributed by atoms with E-state index in [2.05, 4.69) is 19.7 Å². The van der Waals surface area contributed by atoms with Crippen molar-refractivity contribution < 1.29 is 9.53 Å². The number of hydrogen-bond acceptors (Lipinski definition) is 5. The van der Waals surface area contributed by atoms with Gasteiger partial charge in [-0.15, -0.1) is 0 Å². The van der Waals surface area contributed by atoms with E-state index in [4.69, 9.17) is 16.3 Å². The molecule has 2 amide bonds. The molecule has 7 rings (SSSR count). The number of carbonyl (C=O) groups excluding carboxylic acids is 1. The molecule has 32 heavy (non-hydrogen) atoms.